The van der Waals surface area contributed by atoms with E-state index in [1.807, 2.05) is 6.92 Å². The Labute approximate surface area is 189 Å². The topological polar surface area (TPSA) is 108 Å². The lowest BCUT2D eigenvalue weighted by Gasteiger charge is -2.36. The van der Waals surface area contributed by atoms with Crippen LogP contribution in [0, 0.1) is 5.92 Å². The molecule has 1 saturated heterocycles. The van der Waals surface area contributed by atoms with Gasteiger partial charge >= 0.3 is 0 Å². The number of nitrogens with one attached hydrogen (secondary N) is 2. The van der Waals surface area contributed by atoms with Crippen molar-refractivity contribution in [3.63, 3.8) is 0 Å². The van der Waals surface area contributed by atoms with E-state index in [1.54, 1.807) is 24.0 Å². The number of aromatic hydroxyl groups is 1. The predicted molar refractivity (Wildman–Crippen MR) is 120 cm³/mol. The molecule has 0 bridgehead atoms. The molecule has 8 nitrogen and oxygen atoms in total. The van der Waals surface area contributed by atoms with Gasteiger partial charge in [0.1, 0.15) is 11.8 Å². The predicted octanol–water partition coefficient (Wildman–Crippen LogP) is 2.34. The number of para-hydroxylation sites is 1. The Morgan fingerprint density at radius 1 is 1.28 bits per heavy atom. The summed E-state index contributed by atoms with van der Waals surface area (Å²) in [5, 5.41) is 15.7. The van der Waals surface area contributed by atoms with Crippen LogP contribution in [0.5, 0.6) is 5.75 Å². The van der Waals surface area contributed by atoms with E-state index in [4.69, 9.17) is 4.74 Å². The zero-order valence-corrected chi connectivity index (χ0v) is 18.8. The number of phenolic OH excluding ortho intramolecular Hbond substituents is 1. The summed E-state index contributed by atoms with van der Waals surface area (Å²) in [6, 6.07) is 4.47. The Bertz CT molecular complexity index is 867. The number of rotatable bonds is 4. The van der Waals surface area contributed by atoms with Crippen LogP contribution < -0.4 is 10.6 Å². The van der Waals surface area contributed by atoms with E-state index in [2.05, 4.69) is 17.2 Å². The molecule has 2 aliphatic rings. The van der Waals surface area contributed by atoms with Gasteiger partial charge in [-0.1, -0.05) is 25.1 Å². The minimum Gasteiger partial charge on any atom is -0.507 e. The molecule has 8 heteroatoms. The highest BCUT2D eigenvalue weighted by atomic mass is 16.5. The van der Waals surface area contributed by atoms with Crippen molar-refractivity contribution in [2.24, 2.45) is 5.92 Å². The number of amides is 3. The minimum absolute atomic E-state index is 0.0694. The summed E-state index contributed by atoms with van der Waals surface area (Å²) >= 11 is 0. The Morgan fingerprint density at radius 2 is 2.00 bits per heavy atom. The number of hydrogen-bond donors (Lipinski definition) is 3. The van der Waals surface area contributed by atoms with Crippen LogP contribution in [0.25, 0.3) is 0 Å². The van der Waals surface area contributed by atoms with Crippen LogP contribution >= 0.6 is 0 Å². The van der Waals surface area contributed by atoms with E-state index in [0.717, 1.165) is 19.3 Å². The van der Waals surface area contributed by atoms with E-state index < -0.39 is 24.1 Å². The first-order valence-electron chi connectivity index (χ1n) is 11.3. The van der Waals surface area contributed by atoms with E-state index >= 15 is 0 Å². The van der Waals surface area contributed by atoms with Crippen LogP contribution in [-0.2, 0) is 14.3 Å². The molecule has 1 aliphatic heterocycles. The Hall–Kier alpha value is -3.03. The number of nitrogens with zero attached hydrogens (tertiary/aromatic N) is 1. The van der Waals surface area contributed by atoms with Gasteiger partial charge < -0.3 is 25.4 Å². The van der Waals surface area contributed by atoms with E-state index in [1.165, 1.54) is 12.1 Å². The molecule has 3 amide bonds. The molecule has 0 aromatic heterocycles. The van der Waals surface area contributed by atoms with Gasteiger partial charge in [-0.2, -0.15) is 0 Å². The molecular formula is C24H33N3O5. The third-order valence-electron chi connectivity index (χ3n) is 6.28. The average Bonchev–Trinajstić information content (AvgIpc) is 2.72. The maximum atomic E-state index is 13.4. The van der Waals surface area contributed by atoms with Gasteiger partial charge in [-0.3, -0.25) is 14.4 Å². The van der Waals surface area contributed by atoms with Crippen LogP contribution in [0.3, 0.4) is 0 Å². The van der Waals surface area contributed by atoms with Crippen LogP contribution in [0.15, 0.2) is 36.6 Å². The lowest BCUT2D eigenvalue weighted by molar-refractivity contribution is -0.138. The van der Waals surface area contributed by atoms with Gasteiger partial charge in [-0.25, -0.2) is 0 Å². The highest BCUT2D eigenvalue weighted by Crippen LogP contribution is 2.33. The van der Waals surface area contributed by atoms with Gasteiger partial charge in [0.2, 0.25) is 5.91 Å². The summed E-state index contributed by atoms with van der Waals surface area (Å²) < 4.78 is 5.95. The standard InChI is InChI=1S/C24H33N3O5/c1-4-27-14-8-9-15(2)32-21(17-10-7-11-17)23(30)25-16(3)20(24(27)31)26-22(29)18-12-5-6-13-19(18)28/h5-6,12-13,16-17,20-21,28H,2,4,7-11,14H2,1,3H3,(H,25,30)(H,26,29). The molecule has 3 N–H and O–H groups in total. The van der Waals surface area contributed by atoms with E-state index in [-0.39, 0.29) is 29.0 Å². The van der Waals surface area contributed by atoms with Gasteiger partial charge in [-0.15, -0.1) is 0 Å². The fourth-order valence-corrected chi connectivity index (χ4v) is 4.11. The van der Waals surface area contributed by atoms with Crippen molar-refractivity contribution >= 4 is 17.7 Å². The maximum Gasteiger partial charge on any atom is 0.261 e. The third-order valence-corrected chi connectivity index (χ3v) is 6.28. The van der Waals surface area contributed by atoms with Crippen molar-refractivity contribution in [2.45, 2.75) is 64.1 Å². The van der Waals surface area contributed by atoms with Gasteiger partial charge in [-0.05, 0) is 45.2 Å². The summed E-state index contributed by atoms with van der Waals surface area (Å²) in [6.45, 7) is 8.47. The van der Waals surface area contributed by atoms with Gasteiger partial charge in [0.15, 0.2) is 6.10 Å². The summed E-state index contributed by atoms with van der Waals surface area (Å²) in [5.74, 6) is -0.660. The number of allylic oxidation sites excluding steroid dienone is 1. The first-order valence-corrected chi connectivity index (χ1v) is 11.3. The number of carbonyl (C=O) groups is 3. The second kappa shape index (κ2) is 10.5. The summed E-state index contributed by atoms with van der Waals surface area (Å²) in [6.07, 6.45) is 3.43. The number of phenols is 1. The van der Waals surface area contributed by atoms with Crippen molar-refractivity contribution in [3.8, 4) is 5.75 Å². The zero-order valence-electron chi connectivity index (χ0n) is 18.8. The molecule has 3 atom stereocenters. The molecule has 1 aliphatic carbocycles. The molecule has 2 fully saturated rings. The molecular weight excluding hydrogens is 410 g/mol. The van der Waals surface area contributed by atoms with Crippen molar-refractivity contribution in [1.29, 1.82) is 0 Å². The molecule has 1 saturated carbocycles. The Balaban J connectivity index is 1.85. The largest absolute Gasteiger partial charge is 0.507 e. The van der Waals surface area contributed by atoms with Gasteiger partial charge in [0.25, 0.3) is 11.8 Å². The zero-order chi connectivity index (χ0) is 23.3. The smallest absolute Gasteiger partial charge is 0.261 e. The number of hydrogen-bond acceptors (Lipinski definition) is 5. The van der Waals surface area contributed by atoms with Crippen molar-refractivity contribution in [3.05, 3.63) is 42.2 Å². The van der Waals surface area contributed by atoms with Crippen LogP contribution in [0.1, 0.15) is 56.3 Å². The molecule has 174 valence electrons. The number of likely N-dealkylation sites (N-methyl/N-ethyl adjacent to an activating group) is 1. The number of carbonyl (C=O) groups excluding carboxylic acids is 3. The second-order valence-corrected chi connectivity index (χ2v) is 8.56. The van der Waals surface area contributed by atoms with Crippen molar-refractivity contribution < 1.29 is 24.2 Å². The molecule has 1 heterocycles. The van der Waals surface area contributed by atoms with Crippen molar-refractivity contribution in [2.75, 3.05) is 13.1 Å². The lowest BCUT2D eigenvalue weighted by Crippen LogP contribution is -2.60. The monoisotopic (exact) mass is 443 g/mol. The highest BCUT2D eigenvalue weighted by molar-refractivity contribution is 6.00. The van der Waals surface area contributed by atoms with Crippen LogP contribution in [0.4, 0.5) is 0 Å². The summed E-state index contributed by atoms with van der Waals surface area (Å²) in [7, 11) is 0. The number of benzene rings is 1. The SMILES string of the molecule is C=C1CCCN(CC)C(=O)C(NC(=O)c2ccccc2O)C(C)NC(=O)C(C2CCC2)O1. The Morgan fingerprint density at radius 3 is 2.62 bits per heavy atom. The van der Waals surface area contributed by atoms with E-state index in [0.29, 0.717) is 31.7 Å². The summed E-state index contributed by atoms with van der Waals surface area (Å²) in [5.41, 5.74) is 0.0694. The molecule has 1 aromatic rings. The van der Waals surface area contributed by atoms with Crippen LogP contribution in [-0.4, -0.2) is 59.0 Å². The van der Waals surface area contributed by atoms with Gasteiger partial charge in [0, 0.05) is 25.4 Å². The first kappa shape index (κ1) is 23.6. The summed E-state index contributed by atoms with van der Waals surface area (Å²) in [4.78, 5) is 41.0. The normalized spacial score (nSPS) is 25.6. The fourth-order valence-electron chi connectivity index (χ4n) is 4.11. The quantitative estimate of drug-likeness (QED) is 0.662. The minimum atomic E-state index is -0.990. The maximum absolute atomic E-state index is 13.4. The first-order chi connectivity index (χ1) is 15.3. The average molecular weight is 444 g/mol. The van der Waals surface area contributed by atoms with Crippen molar-refractivity contribution in [1.82, 2.24) is 15.5 Å². The van der Waals surface area contributed by atoms with Gasteiger partial charge in [0.05, 0.1) is 17.4 Å². The second-order valence-electron chi connectivity index (χ2n) is 8.56. The third kappa shape index (κ3) is 5.41. The van der Waals surface area contributed by atoms with E-state index in [9.17, 15) is 19.5 Å². The highest BCUT2D eigenvalue weighted by Gasteiger charge is 2.38. The number of ether oxygens (including phenoxy) is 1. The Kier molecular flexibility index (Phi) is 7.77. The van der Waals surface area contributed by atoms with Crippen LogP contribution in [0.2, 0.25) is 0 Å². The lowest BCUT2D eigenvalue weighted by atomic mass is 9.80. The molecule has 3 rings (SSSR count). The molecule has 0 radical (unpaired) electrons. The molecule has 32 heavy (non-hydrogen) atoms. The molecule has 0 spiro atoms. The fraction of sp³-hybridized carbons (Fsp3) is 0.542. The molecule has 3 unspecified atom stereocenters. The molecule has 1 aromatic carbocycles.